The molecule has 0 aliphatic rings. The van der Waals surface area contributed by atoms with E-state index in [-0.39, 0.29) is 11.3 Å². The van der Waals surface area contributed by atoms with Gasteiger partial charge in [0, 0.05) is 17.7 Å². The second kappa shape index (κ2) is 4.03. The number of aromatic nitrogens is 1. The molecule has 0 saturated carbocycles. The highest BCUT2D eigenvalue weighted by Gasteiger charge is 2.21. The van der Waals surface area contributed by atoms with Crippen molar-refractivity contribution in [3.63, 3.8) is 0 Å². The molecule has 7 nitrogen and oxygen atoms in total. The van der Waals surface area contributed by atoms with E-state index in [9.17, 15) is 10.1 Å². The molecule has 0 amide bonds. The van der Waals surface area contributed by atoms with Crippen LogP contribution in [0.15, 0.2) is 12.3 Å². The van der Waals surface area contributed by atoms with Gasteiger partial charge in [-0.3, -0.25) is 10.1 Å². The molecule has 0 radical (unpaired) electrons. The van der Waals surface area contributed by atoms with E-state index >= 15 is 0 Å². The largest absolute Gasteiger partial charge is 0.490 e. The van der Waals surface area contributed by atoms with Crippen LogP contribution in [0, 0.1) is 10.1 Å². The molecule has 0 fully saturated rings. The Balaban J connectivity index is 3.21. The normalized spacial score (nSPS) is 9.64. The van der Waals surface area contributed by atoms with Gasteiger partial charge in [0.1, 0.15) is 0 Å². The molecule has 2 N–H and O–H groups in total. The third-order valence-corrected chi connectivity index (χ3v) is 1.54. The van der Waals surface area contributed by atoms with Crippen LogP contribution in [-0.2, 0) is 0 Å². The van der Waals surface area contributed by atoms with E-state index in [1.807, 2.05) is 0 Å². The van der Waals surface area contributed by atoms with Crippen molar-refractivity contribution in [1.82, 2.24) is 4.98 Å². The van der Waals surface area contributed by atoms with Gasteiger partial charge in [0.05, 0.1) is 12.0 Å². The zero-order valence-corrected chi connectivity index (χ0v) is 7.25. The zero-order chi connectivity index (χ0) is 10.7. The monoisotopic (exact) mass is 198 g/mol. The molecule has 0 aliphatic heterocycles. The number of nitro groups is 1. The Hall–Kier alpha value is -1.67. The van der Waals surface area contributed by atoms with Gasteiger partial charge in [-0.25, -0.2) is 4.98 Å². The first-order valence-corrected chi connectivity index (χ1v) is 3.60. The van der Waals surface area contributed by atoms with Crippen LogP contribution in [-0.4, -0.2) is 34.2 Å². The van der Waals surface area contributed by atoms with Crippen LogP contribution in [0.5, 0.6) is 5.88 Å². The van der Waals surface area contributed by atoms with Crippen molar-refractivity contribution in [2.24, 2.45) is 0 Å². The van der Waals surface area contributed by atoms with Crippen molar-refractivity contribution in [3.05, 3.63) is 22.4 Å². The molecule has 8 heteroatoms. The van der Waals surface area contributed by atoms with Crippen LogP contribution in [0.4, 0.5) is 5.69 Å². The summed E-state index contributed by atoms with van der Waals surface area (Å²) >= 11 is 0. The minimum Gasteiger partial charge on any atom is -0.476 e. The van der Waals surface area contributed by atoms with Gasteiger partial charge >= 0.3 is 12.8 Å². The molecule has 0 spiro atoms. The van der Waals surface area contributed by atoms with Gasteiger partial charge in [0.15, 0.2) is 0 Å². The third-order valence-electron chi connectivity index (χ3n) is 1.54. The van der Waals surface area contributed by atoms with E-state index in [2.05, 4.69) is 9.72 Å². The van der Waals surface area contributed by atoms with Crippen LogP contribution in [0.2, 0.25) is 0 Å². The van der Waals surface area contributed by atoms with Gasteiger partial charge in [-0.2, -0.15) is 0 Å². The summed E-state index contributed by atoms with van der Waals surface area (Å²) in [5.41, 5.74) is -0.462. The Morgan fingerprint density at radius 3 is 2.71 bits per heavy atom. The Bertz CT molecular complexity index is 356. The van der Waals surface area contributed by atoms with Crippen molar-refractivity contribution in [2.45, 2.75) is 0 Å². The molecule has 0 bridgehead atoms. The number of nitrogens with zero attached hydrogens (tertiary/aromatic N) is 2. The SMILES string of the molecule is COc1ncc(B(O)O)cc1[N+](=O)[O-]. The molecule has 74 valence electrons. The second-order valence-electron chi connectivity index (χ2n) is 2.43. The molecular formula is C6H7BN2O5. The summed E-state index contributed by atoms with van der Waals surface area (Å²) in [5, 5.41) is 28.0. The lowest BCUT2D eigenvalue weighted by Crippen LogP contribution is -2.30. The summed E-state index contributed by atoms with van der Waals surface area (Å²) in [6.45, 7) is 0. The maximum Gasteiger partial charge on any atom is 0.490 e. The number of methoxy groups -OCH3 is 1. The Labute approximate surface area is 79.3 Å². The average Bonchev–Trinajstić information content (AvgIpc) is 2.16. The molecule has 0 atom stereocenters. The van der Waals surface area contributed by atoms with Crippen molar-refractivity contribution in [1.29, 1.82) is 0 Å². The predicted molar refractivity (Wildman–Crippen MR) is 47.3 cm³/mol. The average molecular weight is 198 g/mol. The maximum absolute atomic E-state index is 10.5. The molecule has 1 rings (SSSR count). The van der Waals surface area contributed by atoms with Crippen molar-refractivity contribution in [2.75, 3.05) is 7.11 Å². The van der Waals surface area contributed by atoms with E-state index in [4.69, 9.17) is 10.0 Å². The number of hydrogen-bond acceptors (Lipinski definition) is 6. The van der Waals surface area contributed by atoms with Gasteiger partial charge in [0.2, 0.25) is 0 Å². The second-order valence-corrected chi connectivity index (χ2v) is 2.43. The molecular weight excluding hydrogens is 191 g/mol. The molecule has 0 aliphatic carbocycles. The number of rotatable bonds is 3. The number of pyridine rings is 1. The van der Waals surface area contributed by atoms with Crippen LogP contribution in [0.25, 0.3) is 0 Å². The van der Waals surface area contributed by atoms with Gasteiger partial charge in [-0.05, 0) is 0 Å². The first-order chi connectivity index (χ1) is 6.56. The van der Waals surface area contributed by atoms with Crippen molar-refractivity contribution in [3.8, 4) is 5.88 Å². The quantitative estimate of drug-likeness (QED) is 0.354. The molecule has 0 aromatic carbocycles. The van der Waals surface area contributed by atoms with E-state index in [0.29, 0.717) is 0 Å². The molecule has 1 aromatic heterocycles. The minimum atomic E-state index is -1.79. The van der Waals surface area contributed by atoms with E-state index < -0.39 is 17.7 Å². The van der Waals surface area contributed by atoms with E-state index in [1.165, 1.54) is 7.11 Å². The zero-order valence-electron chi connectivity index (χ0n) is 7.25. The van der Waals surface area contributed by atoms with Crippen LogP contribution < -0.4 is 10.2 Å². The van der Waals surface area contributed by atoms with Gasteiger partial charge in [-0.15, -0.1) is 0 Å². The lowest BCUT2D eigenvalue weighted by atomic mass is 9.81. The smallest absolute Gasteiger partial charge is 0.476 e. The van der Waals surface area contributed by atoms with Crippen LogP contribution in [0.3, 0.4) is 0 Å². The molecule has 1 aromatic rings. The fourth-order valence-electron chi connectivity index (χ4n) is 0.885. The number of ether oxygens (including phenoxy) is 1. The summed E-state index contributed by atoms with van der Waals surface area (Å²) in [6.07, 6.45) is 1.09. The Kier molecular flexibility index (Phi) is 3.00. The maximum atomic E-state index is 10.5. The fraction of sp³-hybridized carbons (Fsp3) is 0.167. The Morgan fingerprint density at radius 1 is 1.64 bits per heavy atom. The van der Waals surface area contributed by atoms with Crippen LogP contribution in [0.1, 0.15) is 0 Å². The van der Waals surface area contributed by atoms with Crippen molar-refractivity contribution >= 4 is 18.3 Å². The highest BCUT2D eigenvalue weighted by Crippen LogP contribution is 2.21. The minimum absolute atomic E-state index is 0.0579. The lowest BCUT2D eigenvalue weighted by molar-refractivity contribution is -0.386. The summed E-state index contributed by atoms with van der Waals surface area (Å²) in [4.78, 5) is 13.3. The molecule has 0 unspecified atom stereocenters. The predicted octanol–water partition coefficient (Wildman–Crippen LogP) is -1.32. The lowest BCUT2D eigenvalue weighted by Gasteiger charge is -2.02. The molecule has 0 saturated heterocycles. The topological polar surface area (TPSA) is 106 Å². The van der Waals surface area contributed by atoms with Gasteiger partial charge in [0.25, 0.3) is 5.88 Å². The highest BCUT2D eigenvalue weighted by atomic mass is 16.6. The first kappa shape index (κ1) is 10.4. The third kappa shape index (κ3) is 1.98. The first-order valence-electron chi connectivity index (χ1n) is 3.60. The highest BCUT2D eigenvalue weighted by molar-refractivity contribution is 6.58. The summed E-state index contributed by atoms with van der Waals surface area (Å²) in [6, 6.07) is 0.997. The van der Waals surface area contributed by atoms with Gasteiger partial charge < -0.3 is 14.8 Å². The van der Waals surface area contributed by atoms with Gasteiger partial charge in [-0.1, -0.05) is 0 Å². The van der Waals surface area contributed by atoms with E-state index in [1.54, 1.807) is 0 Å². The summed E-state index contributed by atoms with van der Waals surface area (Å²) < 4.78 is 4.63. The van der Waals surface area contributed by atoms with Crippen LogP contribution >= 0.6 is 0 Å². The standard InChI is InChI=1S/C6H7BN2O5/c1-14-6-5(9(12)13)2-4(3-8-6)7(10)11/h2-3,10-11H,1H3. The summed E-state index contributed by atoms with van der Waals surface area (Å²) in [7, 11) is -0.545. The van der Waals surface area contributed by atoms with Crippen molar-refractivity contribution < 1.29 is 19.7 Å². The van der Waals surface area contributed by atoms with E-state index in [0.717, 1.165) is 12.3 Å². The number of hydrogen-bond donors (Lipinski definition) is 2. The Morgan fingerprint density at radius 2 is 2.29 bits per heavy atom. The summed E-state index contributed by atoms with van der Waals surface area (Å²) in [5.74, 6) is -0.167. The molecule has 14 heavy (non-hydrogen) atoms. The molecule has 1 heterocycles. The fourth-order valence-corrected chi connectivity index (χ4v) is 0.885.